The van der Waals surface area contributed by atoms with Gasteiger partial charge in [0.1, 0.15) is 0 Å². The minimum atomic E-state index is -4.34. The van der Waals surface area contributed by atoms with Gasteiger partial charge in [-0.25, -0.2) is 9.97 Å². The number of thiophene rings is 1. The van der Waals surface area contributed by atoms with E-state index in [-0.39, 0.29) is 5.28 Å². The van der Waals surface area contributed by atoms with E-state index in [9.17, 15) is 13.2 Å². The van der Waals surface area contributed by atoms with Gasteiger partial charge in [-0.15, -0.1) is 11.3 Å². The summed E-state index contributed by atoms with van der Waals surface area (Å²) < 4.78 is 39.8. The van der Waals surface area contributed by atoms with E-state index in [1.165, 1.54) is 12.1 Å². The van der Waals surface area contributed by atoms with Crippen LogP contribution in [0.1, 0.15) is 16.0 Å². The fraction of sp³-hybridized carbons (Fsp3) is 0.100. The summed E-state index contributed by atoms with van der Waals surface area (Å²) in [5.74, 6) is 0. The minimum absolute atomic E-state index is 0.172. The van der Waals surface area contributed by atoms with Crippen molar-refractivity contribution in [3.05, 3.63) is 82.1 Å². The highest BCUT2D eigenvalue weighted by Gasteiger charge is 2.30. The lowest BCUT2D eigenvalue weighted by Gasteiger charge is -2.08. The summed E-state index contributed by atoms with van der Waals surface area (Å²) in [6, 6.07) is 15.1. The first-order chi connectivity index (χ1) is 12.9. The van der Waals surface area contributed by atoms with Crippen molar-refractivity contribution in [3.63, 3.8) is 0 Å². The summed E-state index contributed by atoms with van der Waals surface area (Å²) in [7, 11) is 0. The van der Waals surface area contributed by atoms with Gasteiger partial charge >= 0.3 is 6.18 Å². The zero-order valence-corrected chi connectivity index (χ0v) is 15.4. The van der Waals surface area contributed by atoms with Gasteiger partial charge in [-0.1, -0.05) is 36.4 Å². The second kappa shape index (κ2) is 6.94. The number of hydrogen-bond donors (Lipinski definition) is 0. The molecule has 0 aliphatic heterocycles. The highest BCUT2D eigenvalue weighted by molar-refractivity contribution is 7.19. The lowest BCUT2D eigenvalue weighted by molar-refractivity contribution is -0.137. The summed E-state index contributed by atoms with van der Waals surface area (Å²) in [4.78, 5) is 9.14. The topological polar surface area (TPSA) is 25.8 Å². The SMILES string of the molecule is FC(F)(F)c1cccc(Cc2cc3cccc(-c4ccnc(Cl)n4)c3s2)c1. The first-order valence-electron chi connectivity index (χ1n) is 8.07. The molecule has 0 saturated carbocycles. The van der Waals surface area contributed by atoms with Crippen LogP contribution in [-0.4, -0.2) is 9.97 Å². The Morgan fingerprint density at radius 3 is 2.59 bits per heavy atom. The van der Waals surface area contributed by atoms with Gasteiger partial charge in [-0.3, -0.25) is 0 Å². The Hall–Kier alpha value is -2.44. The molecule has 0 unspecified atom stereocenters. The van der Waals surface area contributed by atoms with E-state index < -0.39 is 11.7 Å². The zero-order valence-electron chi connectivity index (χ0n) is 13.8. The Bertz CT molecular complexity index is 1120. The maximum Gasteiger partial charge on any atom is 0.416 e. The van der Waals surface area contributed by atoms with Crippen LogP contribution < -0.4 is 0 Å². The van der Waals surface area contributed by atoms with E-state index in [1.807, 2.05) is 24.3 Å². The Labute approximate surface area is 162 Å². The molecule has 0 bridgehead atoms. The molecule has 2 aromatic heterocycles. The second-order valence-electron chi connectivity index (χ2n) is 6.02. The van der Waals surface area contributed by atoms with Crippen molar-refractivity contribution in [2.75, 3.05) is 0 Å². The predicted molar refractivity (Wildman–Crippen MR) is 102 cm³/mol. The molecule has 2 heterocycles. The smallest absolute Gasteiger partial charge is 0.226 e. The van der Waals surface area contributed by atoms with Crippen molar-refractivity contribution < 1.29 is 13.2 Å². The molecule has 0 spiro atoms. The van der Waals surface area contributed by atoms with Crippen LogP contribution in [0, 0.1) is 0 Å². The van der Waals surface area contributed by atoms with Crippen molar-refractivity contribution in [1.29, 1.82) is 0 Å². The molecular formula is C20H12ClF3N2S. The van der Waals surface area contributed by atoms with E-state index in [2.05, 4.69) is 9.97 Å². The van der Waals surface area contributed by atoms with Crippen LogP contribution in [0.3, 0.4) is 0 Å². The third kappa shape index (κ3) is 3.82. The van der Waals surface area contributed by atoms with Gasteiger partial charge < -0.3 is 0 Å². The Morgan fingerprint density at radius 1 is 1.00 bits per heavy atom. The number of benzene rings is 2. The van der Waals surface area contributed by atoms with Crippen LogP contribution in [0.5, 0.6) is 0 Å². The Kier molecular flexibility index (Phi) is 4.61. The zero-order chi connectivity index (χ0) is 19.0. The number of hydrogen-bond acceptors (Lipinski definition) is 3. The molecule has 0 fully saturated rings. The van der Waals surface area contributed by atoms with Crippen LogP contribution in [0.4, 0.5) is 13.2 Å². The van der Waals surface area contributed by atoms with E-state index in [1.54, 1.807) is 29.7 Å². The number of fused-ring (bicyclic) bond motifs is 1. The molecule has 2 nitrogen and oxygen atoms in total. The van der Waals surface area contributed by atoms with Gasteiger partial charge in [0, 0.05) is 27.8 Å². The number of rotatable bonds is 3. The van der Waals surface area contributed by atoms with Crippen LogP contribution in [0.2, 0.25) is 5.28 Å². The summed E-state index contributed by atoms with van der Waals surface area (Å²) >= 11 is 7.45. The monoisotopic (exact) mass is 404 g/mol. The van der Waals surface area contributed by atoms with E-state index >= 15 is 0 Å². The molecule has 2 aromatic carbocycles. The molecule has 0 radical (unpaired) electrons. The number of aromatic nitrogens is 2. The van der Waals surface area contributed by atoms with Crippen LogP contribution in [0.15, 0.2) is 60.8 Å². The fourth-order valence-corrected chi connectivity index (χ4v) is 4.31. The maximum absolute atomic E-state index is 12.9. The Morgan fingerprint density at radius 2 is 1.81 bits per heavy atom. The highest BCUT2D eigenvalue weighted by Crippen LogP contribution is 2.36. The third-order valence-corrected chi connectivity index (χ3v) is 5.50. The van der Waals surface area contributed by atoms with E-state index in [0.29, 0.717) is 17.7 Å². The largest absolute Gasteiger partial charge is 0.416 e. The minimum Gasteiger partial charge on any atom is -0.226 e. The summed E-state index contributed by atoms with van der Waals surface area (Å²) in [5, 5.41) is 1.19. The summed E-state index contributed by atoms with van der Waals surface area (Å²) in [6.45, 7) is 0. The van der Waals surface area contributed by atoms with Crippen LogP contribution in [-0.2, 0) is 12.6 Å². The van der Waals surface area contributed by atoms with Gasteiger partial charge in [0.15, 0.2) is 0 Å². The van der Waals surface area contributed by atoms with Gasteiger partial charge in [0.25, 0.3) is 0 Å². The van der Waals surface area contributed by atoms with Crippen molar-refractivity contribution in [1.82, 2.24) is 9.97 Å². The lowest BCUT2D eigenvalue weighted by atomic mass is 10.1. The van der Waals surface area contributed by atoms with Gasteiger partial charge in [0.05, 0.1) is 11.3 Å². The molecule has 0 saturated heterocycles. The predicted octanol–water partition coefficient (Wildman–Crippen LogP) is 6.62. The van der Waals surface area contributed by atoms with E-state index in [4.69, 9.17) is 11.6 Å². The summed E-state index contributed by atoms with van der Waals surface area (Å²) in [5.41, 5.74) is 1.64. The maximum atomic E-state index is 12.9. The number of alkyl halides is 3. The van der Waals surface area contributed by atoms with Crippen molar-refractivity contribution in [3.8, 4) is 11.3 Å². The molecule has 7 heteroatoms. The van der Waals surface area contributed by atoms with Gasteiger partial charge in [-0.05, 0) is 40.7 Å². The lowest BCUT2D eigenvalue weighted by Crippen LogP contribution is -2.05. The third-order valence-electron chi connectivity index (χ3n) is 4.13. The van der Waals surface area contributed by atoms with Gasteiger partial charge in [-0.2, -0.15) is 13.2 Å². The molecular weight excluding hydrogens is 393 g/mol. The molecule has 4 aromatic rings. The van der Waals surface area contributed by atoms with Crippen molar-refractivity contribution >= 4 is 33.0 Å². The second-order valence-corrected chi connectivity index (χ2v) is 7.50. The van der Waals surface area contributed by atoms with Crippen LogP contribution in [0.25, 0.3) is 21.3 Å². The molecule has 0 aliphatic rings. The fourth-order valence-electron chi connectivity index (χ4n) is 2.95. The molecule has 136 valence electrons. The molecule has 0 N–H and O–H groups in total. The molecule has 4 rings (SSSR count). The standard InChI is InChI=1S/C20H12ClF3N2S/c21-19-25-8-7-17(26-19)16-6-2-4-13-11-15(27-18(13)16)10-12-3-1-5-14(9-12)20(22,23)24/h1-9,11H,10H2. The Balaban J connectivity index is 1.72. The molecule has 0 atom stereocenters. The van der Waals surface area contributed by atoms with Crippen molar-refractivity contribution in [2.45, 2.75) is 12.6 Å². The number of halogens is 4. The number of nitrogens with zero attached hydrogens (tertiary/aromatic N) is 2. The average Bonchev–Trinajstić information content (AvgIpc) is 3.03. The first kappa shape index (κ1) is 17.9. The van der Waals surface area contributed by atoms with E-state index in [0.717, 1.165) is 26.6 Å². The van der Waals surface area contributed by atoms with Crippen molar-refractivity contribution in [2.24, 2.45) is 0 Å². The summed E-state index contributed by atoms with van der Waals surface area (Å²) in [6.07, 6.45) is -2.30. The normalized spacial score (nSPS) is 11.9. The molecule has 27 heavy (non-hydrogen) atoms. The van der Waals surface area contributed by atoms with Gasteiger partial charge in [0.2, 0.25) is 5.28 Å². The first-order valence-corrected chi connectivity index (χ1v) is 9.26. The molecule has 0 aliphatic carbocycles. The highest BCUT2D eigenvalue weighted by atomic mass is 35.5. The van der Waals surface area contributed by atoms with Crippen LogP contribution >= 0.6 is 22.9 Å². The average molecular weight is 405 g/mol. The quantitative estimate of drug-likeness (QED) is 0.358. The molecule has 0 amide bonds.